The zero-order valence-corrected chi connectivity index (χ0v) is 9.08. The van der Waals surface area contributed by atoms with Crippen LogP contribution in [-0.4, -0.2) is 18.9 Å². The Labute approximate surface area is 87.4 Å². The van der Waals surface area contributed by atoms with Gasteiger partial charge in [0, 0.05) is 11.8 Å². The van der Waals surface area contributed by atoms with E-state index in [-0.39, 0.29) is 0 Å². The van der Waals surface area contributed by atoms with Crippen molar-refractivity contribution < 1.29 is 9.53 Å². The number of carbonyl (C=O) groups excluding carboxylic acids is 1. The van der Waals surface area contributed by atoms with E-state index in [0.717, 1.165) is 5.56 Å². The summed E-state index contributed by atoms with van der Waals surface area (Å²) in [6.07, 6.45) is 0.990. The fourth-order valence-electron chi connectivity index (χ4n) is 0.751. The van der Waals surface area contributed by atoms with Crippen LogP contribution in [0.5, 0.6) is 0 Å². The lowest BCUT2D eigenvalue weighted by atomic mass is 10.2. The van der Waals surface area contributed by atoms with Gasteiger partial charge in [-0.3, -0.25) is 0 Å². The van der Waals surface area contributed by atoms with Crippen molar-refractivity contribution in [3.8, 4) is 0 Å². The Morgan fingerprint density at radius 2 is 2.50 bits per heavy atom. The molecule has 4 heteroatoms. The van der Waals surface area contributed by atoms with Gasteiger partial charge < -0.3 is 4.74 Å². The highest BCUT2D eigenvalue weighted by Gasteiger charge is 2.00. The topological polar surface area (TPSA) is 38.7 Å². The molecule has 1 rings (SSSR count). The molecule has 76 valence electrons. The van der Waals surface area contributed by atoms with Crippen molar-refractivity contribution >= 4 is 23.6 Å². The smallest absolute Gasteiger partial charge is 0.433 e. The molecule has 0 fully saturated rings. The summed E-state index contributed by atoms with van der Waals surface area (Å²) in [5, 5.41) is 3.85. The number of carbonyl (C=O) groups is 1. The Kier molecular flexibility index (Phi) is 4.32. The number of nitrogens with zero attached hydrogens (tertiary/aromatic N) is 1. The molecule has 0 saturated carbocycles. The van der Waals surface area contributed by atoms with Crippen molar-refractivity contribution in [2.45, 2.75) is 13.8 Å². The van der Waals surface area contributed by atoms with Crippen molar-refractivity contribution in [2.75, 3.05) is 6.61 Å². The van der Waals surface area contributed by atoms with E-state index in [9.17, 15) is 4.79 Å². The van der Waals surface area contributed by atoms with Crippen molar-refractivity contribution in [3.05, 3.63) is 22.4 Å². The van der Waals surface area contributed by atoms with Gasteiger partial charge in [-0.25, -0.2) is 4.79 Å². The highest BCUT2D eigenvalue weighted by molar-refractivity contribution is 7.08. The van der Waals surface area contributed by atoms with Gasteiger partial charge in [-0.1, -0.05) is 13.8 Å². The predicted octanol–water partition coefficient (Wildman–Crippen LogP) is 2.96. The highest BCUT2D eigenvalue weighted by atomic mass is 32.1. The summed E-state index contributed by atoms with van der Waals surface area (Å²) in [5.41, 5.74) is 0.927. The van der Waals surface area contributed by atoms with E-state index in [4.69, 9.17) is 4.74 Å². The summed E-state index contributed by atoms with van der Waals surface area (Å²) in [5.74, 6) is 0.343. The molecule has 0 bridgehead atoms. The maximum atomic E-state index is 11.0. The van der Waals surface area contributed by atoms with Crippen LogP contribution in [0.2, 0.25) is 0 Å². The molecule has 1 amide bonds. The standard InChI is InChI=1S/C10H13NO2S/c1-8(2)6-13-10(12)11-5-9-3-4-14-7-9/h3-5,7-8H,6H2,1-2H3/b11-5-. The largest absolute Gasteiger partial charge is 0.448 e. The lowest BCUT2D eigenvalue weighted by molar-refractivity contribution is 0.143. The molecule has 0 aliphatic carbocycles. The first-order valence-electron chi connectivity index (χ1n) is 4.41. The quantitative estimate of drug-likeness (QED) is 0.721. The number of amides is 1. The van der Waals surface area contributed by atoms with Crippen LogP contribution in [0.4, 0.5) is 4.79 Å². The van der Waals surface area contributed by atoms with E-state index in [1.54, 1.807) is 11.3 Å². The van der Waals surface area contributed by atoms with Gasteiger partial charge in [-0.05, 0) is 22.7 Å². The maximum Gasteiger partial charge on any atom is 0.433 e. The third-order valence-corrected chi connectivity index (χ3v) is 2.10. The summed E-state index contributed by atoms with van der Waals surface area (Å²) < 4.78 is 4.87. The van der Waals surface area contributed by atoms with Gasteiger partial charge in [0.2, 0.25) is 0 Å². The van der Waals surface area contributed by atoms with Crippen LogP contribution < -0.4 is 0 Å². The number of thiophene rings is 1. The van der Waals surface area contributed by atoms with E-state index >= 15 is 0 Å². The Balaban J connectivity index is 2.34. The van der Waals surface area contributed by atoms with Gasteiger partial charge in [0.1, 0.15) is 0 Å². The summed E-state index contributed by atoms with van der Waals surface area (Å²) >= 11 is 1.57. The number of hydrogen-bond donors (Lipinski definition) is 0. The highest BCUT2D eigenvalue weighted by Crippen LogP contribution is 2.03. The van der Waals surface area contributed by atoms with Crippen molar-refractivity contribution in [3.63, 3.8) is 0 Å². The maximum absolute atomic E-state index is 11.0. The van der Waals surface area contributed by atoms with Crippen molar-refractivity contribution in [1.82, 2.24) is 0 Å². The minimum absolute atomic E-state index is 0.343. The van der Waals surface area contributed by atoms with E-state index in [0.29, 0.717) is 12.5 Å². The van der Waals surface area contributed by atoms with E-state index < -0.39 is 6.09 Å². The summed E-state index contributed by atoms with van der Waals surface area (Å²) in [6, 6.07) is 1.89. The van der Waals surface area contributed by atoms with Gasteiger partial charge >= 0.3 is 6.09 Å². The molecule has 0 N–H and O–H groups in total. The molecule has 0 radical (unpaired) electrons. The zero-order chi connectivity index (χ0) is 10.4. The molecule has 0 atom stereocenters. The lowest BCUT2D eigenvalue weighted by Crippen LogP contribution is -2.06. The molecule has 0 spiro atoms. The van der Waals surface area contributed by atoms with Crippen LogP contribution in [0.1, 0.15) is 19.4 Å². The Bertz CT molecular complexity index is 304. The molecule has 0 saturated heterocycles. The minimum Gasteiger partial charge on any atom is -0.448 e. The number of aliphatic imine (C=N–C) groups is 1. The molecule has 0 unspecified atom stereocenters. The summed E-state index contributed by atoms with van der Waals surface area (Å²) in [7, 11) is 0. The fourth-order valence-corrected chi connectivity index (χ4v) is 1.36. The number of ether oxygens (including phenoxy) is 1. The SMILES string of the molecule is CC(C)COC(=O)/N=C\c1ccsc1. The molecule has 0 aliphatic rings. The van der Waals surface area contributed by atoms with Gasteiger partial charge in [-0.15, -0.1) is 0 Å². The average Bonchev–Trinajstić information content (AvgIpc) is 2.63. The minimum atomic E-state index is -0.523. The first-order chi connectivity index (χ1) is 6.68. The lowest BCUT2D eigenvalue weighted by Gasteiger charge is -2.02. The van der Waals surface area contributed by atoms with Crippen LogP contribution in [0.15, 0.2) is 21.8 Å². The molecule has 14 heavy (non-hydrogen) atoms. The van der Waals surface area contributed by atoms with Crippen LogP contribution in [-0.2, 0) is 4.74 Å². The monoisotopic (exact) mass is 211 g/mol. The Morgan fingerprint density at radius 3 is 3.07 bits per heavy atom. The molecule has 1 aromatic heterocycles. The van der Waals surface area contributed by atoms with Crippen LogP contribution in [0.25, 0.3) is 0 Å². The average molecular weight is 211 g/mol. The van der Waals surface area contributed by atoms with Gasteiger partial charge in [-0.2, -0.15) is 16.3 Å². The zero-order valence-electron chi connectivity index (χ0n) is 8.27. The number of hydrogen-bond acceptors (Lipinski definition) is 3. The third kappa shape index (κ3) is 4.18. The van der Waals surface area contributed by atoms with Crippen LogP contribution in [0.3, 0.4) is 0 Å². The first kappa shape index (κ1) is 10.9. The third-order valence-electron chi connectivity index (χ3n) is 1.40. The molecule has 0 aromatic carbocycles. The fraction of sp³-hybridized carbons (Fsp3) is 0.400. The second kappa shape index (κ2) is 5.54. The molecule has 0 aliphatic heterocycles. The molecule has 3 nitrogen and oxygen atoms in total. The van der Waals surface area contributed by atoms with Crippen molar-refractivity contribution in [1.29, 1.82) is 0 Å². The molecular formula is C10H13NO2S. The van der Waals surface area contributed by atoms with Crippen molar-refractivity contribution in [2.24, 2.45) is 10.9 Å². The predicted molar refractivity (Wildman–Crippen MR) is 58.1 cm³/mol. The van der Waals surface area contributed by atoms with Crippen LogP contribution in [0, 0.1) is 5.92 Å². The van der Waals surface area contributed by atoms with Crippen LogP contribution >= 0.6 is 11.3 Å². The molecule has 1 aromatic rings. The summed E-state index contributed by atoms with van der Waals surface area (Å²) in [4.78, 5) is 14.7. The van der Waals surface area contributed by atoms with E-state index in [1.165, 1.54) is 6.21 Å². The Morgan fingerprint density at radius 1 is 1.71 bits per heavy atom. The van der Waals surface area contributed by atoms with Gasteiger partial charge in [0.15, 0.2) is 0 Å². The number of rotatable bonds is 3. The second-order valence-electron chi connectivity index (χ2n) is 3.29. The molecule has 1 heterocycles. The molecular weight excluding hydrogens is 198 g/mol. The van der Waals surface area contributed by atoms with Gasteiger partial charge in [0.05, 0.1) is 6.61 Å². The normalized spacial score (nSPS) is 11.1. The summed E-state index contributed by atoms with van der Waals surface area (Å²) in [6.45, 7) is 4.38. The van der Waals surface area contributed by atoms with E-state index in [1.807, 2.05) is 30.7 Å². The first-order valence-corrected chi connectivity index (χ1v) is 5.36. The Hall–Kier alpha value is -1.16. The van der Waals surface area contributed by atoms with E-state index in [2.05, 4.69) is 4.99 Å². The second-order valence-corrected chi connectivity index (χ2v) is 4.07. The van der Waals surface area contributed by atoms with Gasteiger partial charge in [0.25, 0.3) is 0 Å².